The number of aromatic nitrogens is 2. The van der Waals surface area contributed by atoms with E-state index in [1.807, 2.05) is 0 Å². The van der Waals surface area contributed by atoms with E-state index in [1.165, 1.54) is 39.2 Å². The van der Waals surface area contributed by atoms with Crippen LogP contribution in [-0.2, 0) is 0 Å². The Labute approximate surface area is 196 Å². The van der Waals surface area contributed by atoms with Crippen molar-refractivity contribution in [3.63, 3.8) is 0 Å². The molecule has 2 heterocycles. The van der Waals surface area contributed by atoms with Crippen molar-refractivity contribution >= 4 is 34.6 Å². The Hall–Kier alpha value is -3.46. The normalized spacial score (nSPS) is 14.4. The molecule has 3 aromatic carbocycles. The van der Waals surface area contributed by atoms with Crippen LogP contribution in [0, 0.1) is 0 Å². The summed E-state index contributed by atoms with van der Waals surface area (Å²) >= 11 is 1.76. The number of nitrogens with zero attached hydrogens (tertiary/aromatic N) is 4. The Morgan fingerprint density at radius 2 is 1.58 bits per heavy atom. The molecule has 33 heavy (non-hydrogen) atoms. The van der Waals surface area contributed by atoms with Gasteiger partial charge in [-0.25, -0.2) is 19.8 Å². The minimum atomic E-state index is -0.616. The number of anilines is 1. The van der Waals surface area contributed by atoms with Crippen molar-refractivity contribution in [2.24, 2.45) is 0 Å². The second kappa shape index (κ2) is 9.58. The maximum atomic E-state index is 11.4. The number of piperazine rings is 1. The molecule has 1 amide bonds. The van der Waals surface area contributed by atoms with E-state index in [1.54, 1.807) is 17.4 Å². The summed E-state index contributed by atoms with van der Waals surface area (Å²) in [5, 5.41) is 11.2. The number of fused-ring (bicyclic) bond motifs is 1. The molecule has 1 fully saturated rings. The van der Waals surface area contributed by atoms with Gasteiger partial charge in [0, 0.05) is 43.5 Å². The van der Waals surface area contributed by atoms with Gasteiger partial charge in [0.25, 0.3) is 5.91 Å². The molecule has 1 aliphatic rings. The zero-order valence-electron chi connectivity index (χ0n) is 17.9. The Bertz CT molecular complexity index is 1250. The van der Waals surface area contributed by atoms with Crippen molar-refractivity contribution in [1.82, 2.24) is 19.8 Å². The van der Waals surface area contributed by atoms with Gasteiger partial charge < -0.3 is 4.90 Å². The second-order valence-corrected chi connectivity index (χ2v) is 8.94. The summed E-state index contributed by atoms with van der Waals surface area (Å²) in [5.74, 6) is -0.0252. The summed E-state index contributed by atoms with van der Waals surface area (Å²) in [6.07, 6.45) is 2.85. The summed E-state index contributed by atoms with van der Waals surface area (Å²) in [5.41, 5.74) is 4.28. The van der Waals surface area contributed by atoms with Gasteiger partial charge in [-0.15, -0.1) is 0 Å². The Morgan fingerprint density at radius 3 is 2.30 bits per heavy atom. The van der Waals surface area contributed by atoms with Crippen molar-refractivity contribution in [2.45, 2.75) is 4.90 Å². The number of rotatable bonds is 5. The highest BCUT2D eigenvalue weighted by Gasteiger charge is 2.20. The molecule has 0 unspecified atom stereocenters. The molecule has 7 nitrogen and oxygen atoms in total. The summed E-state index contributed by atoms with van der Waals surface area (Å²) in [4.78, 5) is 23.2. The third-order valence-corrected chi connectivity index (χ3v) is 6.82. The monoisotopic (exact) mass is 457 g/mol. The molecule has 0 aliphatic carbocycles. The maximum Gasteiger partial charge on any atom is 0.277 e. The van der Waals surface area contributed by atoms with E-state index in [4.69, 9.17) is 5.21 Å². The Balaban J connectivity index is 1.20. The lowest BCUT2D eigenvalue weighted by Crippen LogP contribution is -2.44. The van der Waals surface area contributed by atoms with Gasteiger partial charge in [-0.3, -0.25) is 10.0 Å². The van der Waals surface area contributed by atoms with Crippen LogP contribution < -0.4 is 10.4 Å². The van der Waals surface area contributed by atoms with E-state index < -0.39 is 5.91 Å². The van der Waals surface area contributed by atoms with Crippen molar-refractivity contribution < 1.29 is 10.0 Å². The number of hydrogen-bond acceptors (Lipinski definition) is 7. The van der Waals surface area contributed by atoms with Crippen LogP contribution in [0.25, 0.3) is 21.9 Å². The van der Waals surface area contributed by atoms with Crippen molar-refractivity contribution in [2.75, 3.05) is 31.1 Å². The molecule has 1 aliphatic heterocycles. The molecular formula is C25H23N5O2S. The van der Waals surface area contributed by atoms with Gasteiger partial charge in [0.1, 0.15) is 0 Å². The first-order valence-electron chi connectivity index (χ1n) is 10.7. The van der Waals surface area contributed by atoms with Crippen LogP contribution >= 0.6 is 11.9 Å². The molecule has 166 valence electrons. The second-order valence-electron chi connectivity index (χ2n) is 7.77. The minimum Gasteiger partial charge on any atom is -0.338 e. The number of hydrogen-bond donors (Lipinski definition) is 2. The molecule has 1 saturated heterocycles. The number of hydroxylamine groups is 1. The van der Waals surface area contributed by atoms with Crippen LogP contribution in [0.15, 0.2) is 84.0 Å². The number of carbonyl (C=O) groups excluding carboxylic acids is 1. The van der Waals surface area contributed by atoms with E-state index in [-0.39, 0.29) is 5.56 Å². The maximum absolute atomic E-state index is 11.4. The molecular weight excluding hydrogens is 434 g/mol. The molecule has 5 rings (SSSR count). The van der Waals surface area contributed by atoms with E-state index in [0.717, 1.165) is 26.2 Å². The van der Waals surface area contributed by atoms with Crippen LogP contribution in [0.3, 0.4) is 0 Å². The lowest BCUT2D eigenvalue weighted by Gasteiger charge is -2.33. The lowest BCUT2D eigenvalue weighted by atomic mass is 9.98. The smallest absolute Gasteiger partial charge is 0.277 e. The third-order valence-electron chi connectivity index (χ3n) is 5.71. The van der Waals surface area contributed by atoms with E-state index in [9.17, 15) is 4.79 Å². The highest BCUT2D eigenvalue weighted by molar-refractivity contribution is 7.97. The largest absolute Gasteiger partial charge is 0.338 e. The van der Waals surface area contributed by atoms with Gasteiger partial charge in [0.05, 0.1) is 5.56 Å². The highest BCUT2D eigenvalue weighted by Crippen LogP contribution is 2.31. The SMILES string of the molecule is O=C(NO)c1cnc(N2CCN(Sc3ccc(-c4cccc5ccccc45)cc3)CC2)nc1. The van der Waals surface area contributed by atoms with Gasteiger partial charge in [-0.05, 0) is 46.0 Å². The van der Waals surface area contributed by atoms with Crippen LogP contribution in [0.5, 0.6) is 0 Å². The summed E-state index contributed by atoms with van der Waals surface area (Å²) in [6.45, 7) is 3.34. The minimum absolute atomic E-state index is 0.224. The number of nitrogens with one attached hydrogen (secondary N) is 1. The predicted octanol–water partition coefficient (Wildman–Crippen LogP) is 4.25. The predicted molar refractivity (Wildman–Crippen MR) is 130 cm³/mol. The number of carbonyl (C=O) groups is 1. The van der Waals surface area contributed by atoms with Crippen LogP contribution in [0.1, 0.15) is 10.4 Å². The first kappa shape index (κ1) is 21.4. The molecule has 0 atom stereocenters. The van der Waals surface area contributed by atoms with Crippen LogP contribution in [-0.4, -0.2) is 51.6 Å². The Morgan fingerprint density at radius 1 is 0.879 bits per heavy atom. The summed E-state index contributed by atoms with van der Waals surface area (Å²) in [6, 6.07) is 23.7. The fourth-order valence-electron chi connectivity index (χ4n) is 3.97. The topological polar surface area (TPSA) is 81.6 Å². The fraction of sp³-hybridized carbons (Fsp3) is 0.160. The summed E-state index contributed by atoms with van der Waals surface area (Å²) < 4.78 is 2.34. The molecule has 8 heteroatoms. The van der Waals surface area contributed by atoms with Crippen molar-refractivity contribution in [3.05, 3.63) is 84.7 Å². The average Bonchev–Trinajstić information content (AvgIpc) is 2.89. The third kappa shape index (κ3) is 4.68. The standard InChI is InChI=1S/C25H23N5O2S/c31-24(28-32)20-16-26-25(27-17-20)29-12-14-30(15-13-29)33-21-10-8-19(9-11-21)23-7-3-5-18-4-1-2-6-22(18)23/h1-11,16-17,32H,12-15H2,(H,28,31). The van der Waals surface area contributed by atoms with Crippen molar-refractivity contribution in [1.29, 1.82) is 0 Å². The number of benzene rings is 3. The molecule has 0 bridgehead atoms. The number of amides is 1. The first-order valence-corrected chi connectivity index (χ1v) is 11.5. The molecule has 0 spiro atoms. The lowest BCUT2D eigenvalue weighted by molar-refractivity contribution is 0.0705. The van der Waals surface area contributed by atoms with Gasteiger partial charge >= 0.3 is 0 Å². The summed E-state index contributed by atoms with van der Waals surface area (Å²) in [7, 11) is 0. The molecule has 0 saturated carbocycles. The van der Waals surface area contributed by atoms with Gasteiger partial charge in [-0.2, -0.15) is 0 Å². The fourth-order valence-corrected chi connectivity index (χ4v) is 4.87. The van der Waals surface area contributed by atoms with Gasteiger partial charge in [-0.1, -0.05) is 54.6 Å². The zero-order valence-corrected chi connectivity index (χ0v) is 18.7. The van der Waals surface area contributed by atoms with Crippen LogP contribution in [0.2, 0.25) is 0 Å². The van der Waals surface area contributed by atoms with Crippen molar-refractivity contribution in [3.8, 4) is 11.1 Å². The Kier molecular flexibility index (Phi) is 6.21. The first-order chi connectivity index (χ1) is 16.2. The quantitative estimate of drug-likeness (QED) is 0.263. The molecule has 1 aromatic heterocycles. The average molecular weight is 458 g/mol. The molecule has 0 radical (unpaired) electrons. The van der Waals surface area contributed by atoms with E-state index in [0.29, 0.717) is 5.95 Å². The van der Waals surface area contributed by atoms with Gasteiger partial charge in [0.2, 0.25) is 5.95 Å². The van der Waals surface area contributed by atoms with Crippen LogP contribution in [0.4, 0.5) is 5.95 Å². The van der Waals surface area contributed by atoms with E-state index in [2.05, 4.69) is 85.9 Å². The van der Waals surface area contributed by atoms with Gasteiger partial charge in [0.15, 0.2) is 0 Å². The molecule has 2 N–H and O–H groups in total. The molecule has 4 aromatic rings. The highest BCUT2D eigenvalue weighted by atomic mass is 32.2. The zero-order chi connectivity index (χ0) is 22.6. The van der Waals surface area contributed by atoms with E-state index >= 15 is 0 Å².